The molecule has 1 amide bonds. The van der Waals surface area contributed by atoms with Crippen LogP contribution in [0.1, 0.15) is 29.6 Å². The van der Waals surface area contributed by atoms with Gasteiger partial charge in [0.1, 0.15) is 0 Å². The van der Waals surface area contributed by atoms with Crippen molar-refractivity contribution in [2.75, 3.05) is 20.3 Å². The lowest BCUT2D eigenvalue weighted by molar-refractivity contribution is 0.0952. The Morgan fingerprint density at radius 2 is 2.31 bits per heavy atom. The monoisotopic (exact) mass is 245 g/mol. The van der Waals surface area contributed by atoms with E-state index in [0.29, 0.717) is 12.1 Å². The van der Waals surface area contributed by atoms with Crippen LogP contribution in [0.3, 0.4) is 0 Å². The topological polar surface area (TPSA) is 51.5 Å². The number of hydrogen-bond acceptors (Lipinski definition) is 3. The quantitative estimate of drug-likeness (QED) is 0.751. The molecule has 1 aromatic heterocycles. The number of carbonyl (C=O) groups is 1. The average molecular weight is 246 g/mol. The zero-order valence-corrected chi connectivity index (χ0v) is 10.0. The molecule has 1 heterocycles. The van der Waals surface area contributed by atoms with Crippen LogP contribution in [0.2, 0.25) is 5.22 Å². The molecule has 0 spiro atoms. The van der Waals surface area contributed by atoms with Gasteiger partial charge in [0, 0.05) is 20.3 Å². The van der Waals surface area contributed by atoms with Gasteiger partial charge in [-0.15, -0.1) is 0 Å². The van der Waals surface area contributed by atoms with E-state index in [-0.39, 0.29) is 11.1 Å². The number of ether oxygens (including phenoxy) is 1. The highest BCUT2D eigenvalue weighted by atomic mass is 35.5. The second-order valence-corrected chi connectivity index (χ2v) is 3.76. The Labute approximate surface area is 99.9 Å². The molecular formula is C11H16ClNO3. The van der Waals surface area contributed by atoms with Crippen LogP contribution in [-0.2, 0) is 4.74 Å². The average Bonchev–Trinajstić information content (AvgIpc) is 2.69. The summed E-state index contributed by atoms with van der Waals surface area (Å²) in [5.74, 6) is -0.189. The third-order valence-corrected chi connectivity index (χ3v) is 2.47. The van der Waals surface area contributed by atoms with Gasteiger partial charge in [-0.1, -0.05) is 0 Å². The molecule has 0 radical (unpaired) electrons. The Kier molecular flexibility index (Phi) is 5.96. The SMILES string of the molecule is COCCCCCNC(=O)c1ccoc1Cl. The number of hydrogen-bond donors (Lipinski definition) is 1. The molecule has 5 heteroatoms. The predicted molar refractivity (Wildman–Crippen MR) is 61.8 cm³/mol. The van der Waals surface area contributed by atoms with Crippen LogP contribution in [0, 0.1) is 0 Å². The standard InChI is InChI=1S/C11H16ClNO3/c1-15-7-4-2-3-6-13-11(14)9-5-8-16-10(9)12/h5,8H,2-4,6-7H2,1H3,(H,13,14). The molecule has 0 aliphatic heterocycles. The molecule has 90 valence electrons. The van der Waals surface area contributed by atoms with E-state index in [1.54, 1.807) is 13.2 Å². The maximum absolute atomic E-state index is 11.5. The number of methoxy groups -OCH3 is 1. The van der Waals surface area contributed by atoms with E-state index in [1.165, 1.54) is 6.26 Å². The van der Waals surface area contributed by atoms with Crippen LogP contribution >= 0.6 is 11.6 Å². The fourth-order valence-electron chi connectivity index (χ4n) is 1.30. The molecule has 16 heavy (non-hydrogen) atoms. The zero-order valence-electron chi connectivity index (χ0n) is 9.29. The summed E-state index contributed by atoms with van der Waals surface area (Å²) in [6, 6.07) is 1.56. The van der Waals surface area contributed by atoms with Crippen LogP contribution in [0.5, 0.6) is 0 Å². The molecule has 0 atom stereocenters. The van der Waals surface area contributed by atoms with Gasteiger partial charge in [0.15, 0.2) is 0 Å². The maximum atomic E-state index is 11.5. The number of amides is 1. The second-order valence-electron chi connectivity index (χ2n) is 3.42. The lowest BCUT2D eigenvalue weighted by atomic mass is 10.2. The first-order chi connectivity index (χ1) is 7.75. The van der Waals surface area contributed by atoms with Gasteiger partial charge in [-0.05, 0) is 36.9 Å². The Morgan fingerprint density at radius 3 is 2.94 bits per heavy atom. The Balaban J connectivity index is 2.14. The number of halogens is 1. The summed E-state index contributed by atoms with van der Waals surface area (Å²) in [5, 5.41) is 2.91. The molecule has 0 aromatic carbocycles. The molecule has 1 N–H and O–H groups in total. The number of carbonyl (C=O) groups excluding carboxylic acids is 1. The van der Waals surface area contributed by atoms with E-state index in [2.05, 4.69) is 5.32 Å². The molecular weight excluding hydrogens is 230 g/mol. The van der Waals surface area contributed by atoms with Gasteiger partial charge < -0.3 is 14.5 Å². The highest BCUT2D eigenvalue weighted by Crippen LogP contribution is 2.15. The van der Waals surface area contributed by atoms with Crippen molar-refractivity contribution in [3.63, 3.8) is 0 Å². The largest absolute Gasteiger partial charge is 0.452 e. The van der Waals surface area contributed by atoms with Gasteiger partial charge in [0.2, 0.25) is 5.22 Å². The van der Waals surface area contributed by atoms with E-state index < -0.39 is 0 Å². The first kappa shape index (κ1) is 13.1. The predicted octanol–water partition coefficient (Wildman–Crippen LogP) is 2.48. The third kappa shape index (κ3) is 4.24. The normalized spacial score (nSPS) is 10.4. The number of unbranched alkanes of at least 4 members (excludes halogenated alkanes) is 2. The summed E-state index contributed by atoms with van der Waals surface area (Å²) in [6.07, 6.45) is 4.38. The third-order valence-electron chi connectivity index (χ3n) is 2.17. The van der Waals surface area contributed by atoms with Crippen LogP contribution in [0.4, 0.5) is 0 Å². The summed E-state index contributed by atoms with van der Waals surface area (Å²) in [7, 11) is 1.68. The molecule has 0 aliphatic rings. The van der Waals surface area contributed by atoms with Crippen LogP contribution in [0.15, 0.2) is 16.7 Å². The van der Waals surface area contributed by atoms with Crippen molar-refractivity contribution in [2.45, 2.75) is 19.3 Å². The van der Waals surface area contributed by atoms with Crippen molar-refractivity contribution in [3.8, 4) is 0 Å². The van der Waals surface area contributed by atoms with E-state index in [4.69, 9.17) is 20.8 Å². The minimum atomic E-state index is -0.189. The van der Waals surface area contributed by atoms with Crippen LogP contribution in [-0.4, -0.2) is 26.2 Å². The van der Waals surface area contributed by atoms with E-state index in [9.17, 15) is 4.79 Å². The summed E-state index contributed by atoms with van der Waals surface area (Å²) >= 11 is 5.67. The van der Waals surface area contributed by atoms with Gasteiger partial charge in [0.05, 0.1) is 11.8 Å². The maximum Gasteiger partial charge on any atom is 0.256 e. The molecule has 0 saturated heterocycles. The van der Waals surface area contributed by atoms with Gasteiger partial charge in [-0.25, -0.2) is 0 Å². The Hall–Kier alpha value is -1.00. The van der Waals surface area contributed by atoms with Gasteiger partial charge in [0.25, 0.3) is 5.91 Å². The number of furan rings is 1. The fourth-order valence-corrected chi connectivity index (χ4v) is 1.50. The second kappa shape index (κ2) is 7.30. The van der Waals surface area contributed by atoms with Crippen molar-refractivity contribution in [1.29, 1.82) is 0 Å². The fraction of sp³-hybridized carbons (Fsp3) is 0.545. The zero-order chi connectivity index (χ0) is 11.8. The number of nitrogens with one attached hydrogen (secondary N) is 1. The summed E-state index contributed by atoms with van der Waals surface area (Å²) in [4.78, 5) is 11.5. The van der Waals surface area contributed by atoms with Crippen molar-refractivity contribution in [1.82, 2.24) is 5.32 Å². The van der Waals surface area contributed by atoms with E-state index in [1.807, 2.05) is 0 Å². The summed E-state index contributed by atoms with van der Waals surface area (Å²) < 4.78 is 9.76. The molecule has 0 fully saturated rings. The molecule has 4 nitrogen and oxygen atoms in total. The Bertz CT molecular complexity index is 325. The molecule has 1 rings (SSSR count). The van der Waals surface area contributed by atoms with Crippen molar-refractivity contribution >= 4 is 17.5 Å². The van der Waals surface area contributed by atoms with Gasteiger partial charge >= 0.3 is 0 Å². The molecule has 0 unspecified atom stereocenters. The van der Waals surface area contributed by atoms with E-state index >= 15 is 0 Å². The van der Waals surface area contributed by atoms with Crippen LogP contribution < -0.4 is 5.32 Å². The number of rotatable bonds is 7. The Morgan fingerprint density at radius 1 is 1.50 bits per heavy atom. The lowest BCUT2D eigenvalue weighted by Gasteiger charge is -2.03. The van der Waals surface area contributed by atoms with Crippen molar-refractivity contribution in [2.24, 2.45) is 0 Å². The smallest absolute Gasteiger partial charge is 0.256 e. The van der Waals surface area contributed by atoms with Crippen LogP contribution in [0.25, 0.3) is 0 Å². The minimum absolute atomic E-state index is 0.136. The lowest BCUT2D eigenvalue weighted by Crippen LogP contribution is -2.24. The van der Waals surface area contributed by atoms with Gasteiger partial charge in [-0.2, -0.15) is 0 Å². The molecule has 1 aromatic rings. The first-order valence-electron chi connectivity index (χ1n) is 5.26. The minimum Gasteiger partial charge on any atom is -0.452 e. The molecule has 0 aliphatic carbocycles. The van der Waals surface area contributed by atoms with Gasteiger partial charge in [-0.3, -0.25) is 4.79 Å². The highest BCUT2D eigenvalue weighted by Gasteiger charge is 2.11. The summed E-state index contributed by atoms with van der Waals surface area (Å²) in [6.45, 7) is 1.41. The molecule has 0 saturated carbocycles. The molecule has 0 bridgehead atoms. The van der Waals surface area contributed by atoms with E-state index in [0.717, 1.165) is 25.9 Å². The van der Waals surface area contributed by atoms with Crippen molar-refractivity contribution < 1.29 is 13.9 Å². The highest BCUT2D eigenvalue weighted by molar-refractivity contribution is 6.32. The summed E-state index contributed by atoms with van der Waals surface area (Å²) in [5.41, 5.74) is 0.388. The van der Waals surface area contributed by atoms with Crippen molar-refractivity contribution in [3.05, 3.63) is 23.1 Å². The first-order valence-corrected chi connectivity index (χ1v) is 5.63.